The van der Waals surface area contributed by atoms with E-state index < -0.39 is 11.6 Å². The first-order valence-corrected chi connectivity index (χ1v) is 9.05. The average molecular weight is 423 g/mol. The van der Waals surface area contributed by atoms with Gasteiger partial charge in [-0.05, 0) is 52.7 Å². The fourth-order valence-electron chi connectivity index (χ4n) is 2.96. The molecule has 0 aromatic heterocycles. The molecule has 1 heterocycles. The molecule has 0 aliphatic carbocycles. The molecule has 4 nitrogen and oxygen atoms in total. The van der Waals surface area contributed by atoms with Crippen molar-refractivity contribution in [2.75, 3.05) is 26.2 Å². The lowest BCUT2D eigenvalue weighted by Crippen LogP contribution is -2.37. The normalized spacial score (nSPS) is 14.9. The molecule has 3 rings (SSSR count). The minimum atomic E-state index is -0.557. The summed E-state index contributed by atoms with van der Waals surface area (Å²) in [5.74, 6) is -1.72. The minimum Gasteiger partial charge on any atom is -0.337 e. The van der Waals surface area contributed by atoms with E-state index in [4.69, 9.17) is 0 Å². The van der Waals surface area contributed by atoms with E-state index in [0.29, 0.717) is 37.1 Å². The number of halogens is 3. The van der Waals surface area contributed by atoms with Crippen molar-refractivity contribution in [1.82, 2.24) is 9.80 Å². The van der Waals surface area contributed by atoms with Crippen LogP contribution >= 0.6 is 15.9 Å². The maximum absolute atomic E-state index is 13.9. The molecule has 1 aliphatic heterocycles. The molecule has 0 saturated carbocycles. The van der Waals surface area contributed by atoms with Crippen molar-refractivity contribution < 1.29 is 18.4 Å². The highest BCUT2D eigenvalue weighted by Crippen LogP contribution is 2.21. The summed E-state index contributed by atoms with van der Waals surface area (Å²) in [6.07, 6.45) is 0.568. The molecule has 0 bridgehead atoms. The molecule has 0 spiro atoms. The smallest absolute Gasteiger partial charge is 0.256 e. The van der Waals surface area contributed by atoms with Gasteiger partial charge in [0, 0.05) is 30.7 Å². The third-order valence-electron chi connectivity index (χ3n) is 4.33. The lowest BCUT2D eigenvalue weighted by molar-refractivity contribution is 0.0715. The number of hydrogen-bond acceptors (Lipinski definition) is 2. The Morgan fingerprint density at radius 3 is 2.12 bits per heavy atom. The van der Waals surface area contributed by atoms with E-state index in [0.717, 1.165) is 0 Å². The van der Waals surface area contributed by atoms with Crippen LogP contribution in [0.5, 0.6) is 0 Å². The third kappa shape index (κ3) is 3.93. The molecule has 0 atom stereocenters. The SMILES string of the molecule is O=C(c1ccccc1F)N1CCCN(C(=O)c2cc(F)ccc2Br)CC1. The van der Waals surface area contributed by atoms with Gasteiger partial charge in [-0.3, -0.25) is 9.59 Å². The molecule has 0 radical (unpaired) electrons. The van der Waals surface area contributed by atoms with Crippen molar-refractivity contribution in [1.29, 1.82) is 0 Å². The van der Waals surface area contributed by atoms with Crippen LogP contribution in [0.15, 0.2) is 46.9 Å². The number of amides is 2. The summed E-state index contributed by atoms with van der Waals surface area (Å²) >= 11 is 3.27. The van der Waals surface area contributed by atoms with Crippen molar-refractivity contribution in [2.45, 2.75) is 6.42 Å². The number of carbonyl (C=O) groups excluding carboxylic acids is 2. The Labute approximate surface area is 158 Å². The van der Waals surface area contributed by atoms with Gasteiger partial charge in [-0.25, -0.2) is 8.78 Å². The van der Waals surface area contributed by atoms with Crippen molar-refractivity contribution in [3.8, 4) is 0 Å². The van der Waals surface area contributed by atoms with Gasteiger partial charge in [-0.1, -0.05) is 12.1 Å². The average Bonchev–Trinajstić information content (AvgIpc) is 2.89. The predicted molar refractivity (Wildman–Crippen MR) is 96.9 cm³/mol. The van der Waals surface area contributed by atoms with E-state index in [1.165, 1.54) is 36.4 Å². The van der Waals surface area contributed by atoms with Crippen LogP contribution in [0.3, 0.4) is 0 Å². The molecule has 7 heteroatoms. The van der Waals surface area contributed by atoms with Crippen molar-refractivity contribution >= 4 is 27.7 Å². The first kappa shape index (κ1) is 18.5. The number of hydrogen-bond donors (Lipinski definition) is 0. The summed E-state index contributed by atoms with van der Waals surface area (Å²) in [7, 11) is 0. The lowest BCUT2D eigenvalue weighted by atomic mass is 10.2. The van der Waals surface area contributed by atoms with Gasteiger partial charge in [0.1, 0.15) is 11.6 Å². The molecule has 2 aromatic rings. The van der Waals surface area contributed by atoms with Crippen LogP contribution < -0.4 is 0 Å². The molecule has 1 saturated heterocycles. The van der Waals surface area contributed by atoms with Gasteiger partial charge in [0.05, 0.1) is 11.1 Å². The maximum atomic E-state index is 13.9. The summed E-state index contributed by atoms with van der Waals surface area (Å²) < 4.78 is 27.8. The second-order valence-corrected chi connectivity index (χ2v) is 6.90. The van der Waals surface area contributed by atoms with E-state index in [1.54, 1.807) is 15.9 Å². The first-order valence-electron chi connectivity index (χ1n) is 8.25. The van der Waals surface area contributed by atoms with Gasteiger partial charge in [0.15, 0.2) is 0 Å². The molecule has 26 heavy (non-hydrogen) atoms. The van der Waals surface area contributed by atoms with E-state index in [-0.39, 0.29) is 22.9 Å². The van der Waals surface area contributed by atoms with Crippen LogP contribution in [0.1, 0.15) is 27.1 Å². The van der Waals surface area contributed by atoms with E-state index in [1.807, 2.05) is 0 Å². The zero-order valence-electron chi connectivity index (χ0n) is 13.9. The predicted octanol–water partition coefficient (Wildman–Crippen LogP) is 3.72. The molecule has 0 N–H and O–H groups in total. The number of carbonyl (C=O) groups is 2. The second kappa shape index (κ2) is 7.95. The van der Waals surface area contributed by atoms with Crippen LogP contribution in [0.4, 0.5) is 8.78 Å². The molecule has 136 valence electrons. The summed E-state index contributed by atoms with van der Waals surface area (Å²) in [6, 6.07) is 9.82. The highest BCUT2D eigenvalue weighted by Gasteiger charge is 2.25. The Bertz CT molecular complexity index is 844. The topological polar surface area (TPSA) is 40.6 Å². The Balaban J connectivity index is 1.72. The highest BCUT2D eigenvalue weighted by atomic mass is 79.9. The Morgan fingerprint density at radius 2 is 1.46 bits per heavy atom. The van der Waals surface area contributed by atoms with Crippen LogP contribution in [0.25, 0.3) is 0 Å². The van der Waals surface area contributed by atoms with Gasteiger partial charge in [-0.15, -0.1) is 0 Å². The molecular formula is C19H17BrF2N2O2. The molecular weight excluding hydrogens is 406 g/mol. The summed E-state index contributed by atoms with van der Waals surface area (Å²) in [5.41, 5.74) is 0.277. The second-order valence-electron chi connectivity index (χ2n) is 6.04. The molecule has 1 aliphatic rings. The Hall–Kier alpha value is -2.28. The summed E-state index contributed by atoms with van der Waals surface area (Å²) in [5, 5.41) is 0. The van der Waals surface area contributed by atoms with Crippen LogP contribution in [0.2, 0.25) is 0 Å². The maximum Gasteiger partial charge on any atom is 0.256 e. The molecule has 0 unspecified atom stereocenters. The largest absolute Gasteiger partial charge is 0.337 e. The third-order valence-corrected chi connectivity index (χ3v) is 5.02. The van der Waals surface area contributed by atoms with E-state index in [9.17, 15) is 18.4 Å². The van der Waals surface area contributed by atoms with Gasteiger partial charge in [-0.2, -0.15) is 0 Å². The highest BCUT2D eigenvalue weighted by molar-refractivity contribution is 9.10. The number of rotatable bonds is 2. The van der Waals surface area contributed by atoms with E-state index in [2.05, 4.69) is 15.9 Å². The summed E-state index contributed by atoms with van der Waals surface area (Å²) in [6.45, 7) is 1.48. The quantitative estimate of drug-likeness (QED) is 0.739. The van der Waals surface area contributed by atoms with Gasteiger partial charge < -0.3 is 9.80 Å². The van der Waals surface area contributed by atoms with Gasteiger partial charge in [0.2, 0.25) is 0 Å². The monoisotopic (exact) mass is 422 g/mol. The zero-order chi connectivity index (χ0) is 18.7. The lowest BCUT2D eigenvalue weighted by Gasteiger charge is -2.23. The van der Waals surface area contributed by atoms with Crippen molar-refractivity contribution in [2.24, 2.45) is 0 Å². The first-order chi connectivity index (χ1) is 12.5. The van der Waals surface area contributed by atoms with E-state index >= 15 is 0 Å². The number of nitrogens with zero attached hydrogens (tertiary/aromatic N) is 2. The summed E-state index contributed by atoms with van der Waals surface area (Å²) in [4.78, 5) is 28.4. The van der Waals surface area contributed by atoms with Crippen molar-refractivity contribution in [3.05, 3.63) is 69.7 Å². The van der Waals surface area contributed by atoms with Crippen LogP contribution in [0, 0.1) is 11.6 Å². The molecule has 1 fully saturated rings. The van der Waals surface area contributed by atoms with Crippen molar-refractivity contribution in [3.63, 3.8) is 0 Å². The standard InChI is InChI=1S/C19H17BrF2N2O2/c20-16-7-6-13(21)12-15(16)19(26)24-9-3-8-23(10-11-24)18(25)14-4-1-2-5-17(14)22/h1-2,4-7,12H,3,8-11H2. The fourth-order valence-corrected chi connectivity index (χ4v) is 3.38. The number of benzene rings is 2. The van der Waals surface area contributed by atoms with Crippen LogP contribution in [-0.4, -0.2) is 47.8 Å². The van der Waals surface area contributed by atoms with Crippen LogP contribution in [-0.2, 0) is 0 Å². The molecule has 2 amide bonds. The Kier molecular flexibility index (Phi) is 5.66. The Morgan fingerprint density at radius 1 is 0.846 bits per heavy atom. The zero-order valence-corrected chi connectivity index (χ0v) is 15.5. The minimum absolute atomic E-state index is 0.0279. The molecule has 2 aromatic carbocycles. The fraction of sp³-hybridized carbons (Fsp3) is 0.263. The van der Waals surface area contributed by atoms with Gasteiger partial charge in [0.25, 0.3) is 11.8 Å². The van der Waals surface area contributed by atoms with Gasteiger partial charge >= 0.3 is 0 Å².